The first-order valence-corrected chi connectivity index (χ1v) is 2.69. The standard InChI is InChI=1S/C6H7NO3/c8-6(9,10)5-3-1-2-4-7-5/h1-4,8-10H. The van der Waals surface area contributed by atoms with Gasteiger partial charge in [-0.3, -0.25) is 4.98 Å². The number of pyridine rings is 1. The van der Waals surface area contributed by atoms with Gasteiger partial charge in [0.05, 0.1) is 0 Å². The third-order valence-corrected chi connectivity index (χ3v) is 1.01. The van der Waals surface area contributed by atoms with Crippen LogP contribution in [-0.4, -0.2) is 20.3 Å². The van der Waals surface area contributed by atoms with Gasteiger partial charge >= 0.3 is 5.97 Å². The van der Waals surface area contributed by atoms with Gasteiger partial charge in [-0.05, 0) is 12.1 Å². The van der Waals surface area contributed by atoms with Gasteiger partial charge in [-0.25, -0.2) is 0 Å². The Hall–Kier alpha value is -0.970. The summed E-state index contributed by atoms with van der Waals surface area (Å²) in [5, 5.41) is 25.6. The van der Waals surface area contributed by atoms with Crippen molar-refractivity contribution in [2.24, 2.45) is 0 Å². The van der Waals surface area contributed by atoms with Crippen molar-refractivity contribution in [3.05, 3.63) is 30.1 Å². The molecule has 54 valence electrons. The number of aromatic nitrogens is 1. The van der Waals surface area contributed by atoms with E-state index >= 15 is 0 Å². The highest BCUT2D eigenvalue weighted by Gasteiger charge is 2.22. The molecule has 10 heavy (non-hydrogen) atoms. The lowest BCUT2D eigenvalue weighted by Gasteiger charge is -2.11. The first-order chi connectivity index (χ1) is 4.61. The zero-order valence-electron chi connectivity index (χ0n) is 5.10. The van der Waals surface area contributed by atoms with Gasteiger partial charge in [0.25, 0.3) is 0 Å². The zero-order valence-corrected chi connectivity index (χ0v) is 5.10. The van der Waals surface area contributed by atoms with E-state index in [1.54, 1.807) is 12.1 Å². The molecule has 4 heteroatoms. The number of hydrogen-bond acceptors (Lipinski definition) is 4. The molecule has 4 nitrogen and oxygen atoms in total. The van der Waals surface area contributed by atoms with Crippen molar-refractivity contribution in [2.75, 3.05) is 0 Å². The maximum atomic E-state index is 8.54. The maximum Gasteiger partial charge on any atom is 0.322 e. The molecule has 1 heterocycles. The summed E-state index contributed by atoms with van der Waals surface area (Å²) in [4.78, 5) is 3.50. The number of aliphatic hydroxyl groups is 3. The lowest BCUT2D eigenvalue weighted by atomic mass is 10.3. The summed E-state index contributed by atoms with van der Waals surface area (Å²) < 4.78 is 0. The summed E-state index contributed by atoms with van der Waals surface area (Å²) in [6.45, 7) is 0. The zero-order chi connectivity index (χ0) is 7.61. The highest BCUT2D eigenvalue weighted by Crippen LogP contribution is 2.08. The van der Waals surface area contributed by atoms with Crippen molar-refractivity contribution in [2.45, 2.75) is 5.97 Å². The highest BCUT2D eigenvalue weighted by molar-refractivity contribution is 5.05. The second-order valence-corrected chi connectivity index (χ2v) is 1.85. The highest BCUT2D eigenvalue weighted by atomic mass is 16.7. The molecule has 0 aromatic carbocycles. The van der Waals surface area contributed by atoms with Gasteiger partial charge < -0.3 is 15.3 Å². The molecule has 0 atom stereocenters. The van der Waals surface area contributed by atoms with Crippen LogP contribution in [0.5, 0.6) is 0 Å². The van der Waals surface area contributed by atoms with E-state index in [4.69, 9.17) is 15.3 Å². The monoisotopic (exact) mass is 141 g/mol. The molecule has 0 saturated carbocycles. The summed E-state index contributed by atoms with van der Waals surface area (Å²) >= 11 is 0. The van der Waals surface area contributed by atoms with E-state index in [1.165, 1.54) is 12.3 Å². The van der Waals surface area contributed by atoms with Crippen LogP contribution >= 0.6 is 0 Å². The fourth-order valence-electron chi connectivity index (χ4n) is 0.561. The number of rotatable bonds is 1. The molecule has 0 aliphatic carbocycles. The Bertz CT molecular complexity index is 204. The molecule has 0 aliphatic heterocycles. The van der Waals surface area contributed by atoms with E-state index in [9.17, 15) is 0 Å². The first kappa shape index (κ1) is 7.14. The van der Waals surface area contributed by atoms with Crippen molar-refractivity contribution in [1.29, 1.82) is 0 Å². The van der Waals surface area contributed by atoms with Crippen LogP contribution < -0.4 is 0 Å². The topological polar surface area (TPSA) is 73.6 Å². The Morgan fingerprint density at radius 3 is 2.20 bits per heavy atom. The molecule has 1 aromatic heterocycles. The fraction of sp³-hybridized carbons (Fsp3) is 0.167. The van der Waals surface area contributed by atoms with Crippen LogP contribution in [0.15, 0.2) is 24.4 Å². The summed E-state index contributed by atoms with van der Waals surface area (Å²) in [5.74, 6) is -2.82. The SMILES string of the molecule is OC(O)(O)c1ccccn1. The Labute approximate surface area is 57.4 Å². The number of nitrogens with zero attached hydrogens (tertiary/aromatic N) is 1. The summed E-state index contributed by atoms with van der Waals surface area (Å²) in [5.41, 5.74) is -0.185. The van der Waals surface area contributed by atoms with Gasteiger partial charge in [0.2, 0.25) is 0 Å². The van der Waals surface area contributed by atoms with Crippen LogP contribution in [0.2, 0.25) is 0 Å². The van der Waals surface area contributed by atoms with Gasteiger partial charge in [-0.1, -0.05) is 6.07 Å². The van der Waals surface area contributed by atoms with Crippen molar-refractivity contribution in [3.63, 3.8) is 0 Å². The van der Waals surface area contributed by atoms with Crippen molar-refractivity contribution in [1.82, 2.24) is 4.98 Å². The van der Waals surface area contributed by atoms with Crippen LogP contribution in [0.1, 0.15) is 5.69 Å². The van der Waals surface area contributed by atoms with Crippen LogP contribution in [-0.2, 0) is 5.97 Å². The van der Waals surface area contributed by atoms with Crippen molar-refractivity contribution in [3.8, 4) is 0 Å². The van der Waals surface area contributed by atoms with E-state index in [1.807, 2.05) is 0 Å². The van der Waals surface area contributed by atoms with E-state index in [-0.39, 0.29) is 5.69 Å². The van der Waals surface area contributed by atoms with Gasteiger partial charge in [0, 0.05) is 6.20 Å². The van der Waals surface area contributed by atoms with E-state index < -0.39 is 5.97 Å². The largest absolute Gasteiger partial charge is 0.338 e. The molecule has 1 aromatic rings. The lowest BCUT2D eigenvalue weighted by Crippen LogP contribution is -2.24. The smallest absolute Gasteiger partial charge is 0.322 e. The van der Waals surface area contributed by atoms with Crippen molar-refractivity contribution < 1.29 is 15.3 Å². The second kappa shape index (κ2) is 2.34. The van der Waals surface area contributed by atoms with Gasteiger partial charge in [-0.15, -0.1) is 0 Å². The van der Waals surface area contributed by atoms with Crippen molar-refractivity contribution >= 4 is 0 Å². The molecule has 0 bridgehead atoms. The summed E-state index contributed by atoms with van der Waals surface area (Å²) in [7, 11) is 0. The summed E-state index contributed by atoms with van der Waals surface area (Å²) in [6, 6.07) is 4.45. The minimum Gasteiger partial charge on any atom is -0.338 e. The molecule has 0 saturated heterocycles. The van der Waals surface area contributed by atoms with Crippen LogP contribution in [0.4, 0.5) is 0 Å². The third-order valence-electron chi connectivity index (χ3n) is 1.01. The van der Waals surface area contributed by atoms with Crippen LogP contribution in [0.25, 0.3) is 0 Å². The van der Waals surface area contributed by atoms with Gasteiger partial charge in [0.1, 0.15) is 5.69 Å². The Kier molecular flexibility index (Phi) is 1.67. The predicted octanol–water partition coefficient (Wildman–Crippen LogP) is -0.831. The molecular formula is C6H7NO3. The summed E-state index contributed by atoms with van der Waals surface area (Å²) in [6.07, 6.45) is 1.35. The maximum absolute atomic E-state index is 8.54. The minimum absolute atomic E-state index is 0.185. The van der Waals surface area contributed by atoms with E-state index in [2.05, 4.69) is 4.98 Å². The quantitative estimate of drug-likeness (QED) is 0.446. The molecule has 1 rings (SSSR count). The van der Waals surface area contributed by atoms with Gasteiger partial charge in [0.15, 0.2) is 0 Å². The Balaban J connectivity index is 2.97. The minimum atomic E-state index is -2.82. The average molecular weight is 141 g/mol. The molecule has 0 fully saturated rings. The molecule has 3 N–H and O–H groups in total. The van der Waals surface area contributed by atoms with Crippen LogP contribution in [0.3, 0.4) is 0 Å². The Morgan fingerprint density at radius 1 is 1.20 bits per heavy atom. The molecular weight excluding hydrogens is 134 g/mol. The Morgan fingerprint density at radius 2 is 1.90 bits per heavy atom. The van der Waals surface area contributed by atoms with E-state index in [0.717, 1.165) is 0 Å². The molecule has 0 radical (unpaired) electrons. The number of hydrogen-bond donors (Lipinski definition) is 3. The van der Waals surface area contributed by atoms with Crippen LogP contribution in [0, 0.1) is 0 Å². The first-order valence-electron chi connectivity index (χ1n) is 2.69. The lowest BCUT2D eigenvalue weighted by molar-refractivity contribution is -0.326. The molecule has 0 amide bonds. The molecule has 0 unspecified atom stereocenters. The third kappa shape index (κ3) is 1.51. The average Bonchev–Trinajstić information content (AvgIpc) is 1.88. The predicted molar refractivity (Wildman–Crippen MR) is 32.6 cm³/mol. The fourth-order valence-corrected chi connectivity index (χ4v) is 0.561. The molecule has 0 aliphatic rings. The molecule has 0 spiro atoms. The normalized spacial score (nSPS) is 11.5. The van der Waals surface area contributed by atoms with E-state index in [0.29, 0.717) is 0 Å². The second-order valence-electron chi connectivity index (χ2n) is 1.85. The van der Waals surface area contributed by atoms with Gasteiger partial charge in [-0.2, -0.15) is 0 Å².